The molecule has 1 aromatic rings. The molecule has 6 heteroatoms. The lowest BCUT2D eigenvalue weighted by molar-refractivity contribution is 0.0716. The molecule has 0 saturated carbocycles. The van der Waals surface area contributed by atoms with Gasteiger partial charge < -0.3 is 20.9 Å². The molecule has 0 aliphatic heterocycles. The van der Waals surface area contributed by atoms with E-state index in [0.717, 1.165) is 26.2 Å². The number of benzene rings is 1. The molecular weight excluding hydrogens is 304 g/mol. The van der Waals surface area contributed by atoms with E-state index in [4.69, 9.17) is 5.73 Å². The molecule has 0 bridgehead atoms. The molecule has 0 radical (unpaired) electrons. The monoisotopic (exact) mass is 334 g/mol. The lowest BCUT2D eigenvalue weighted by Crippen LogP contribution is -2.40. The Morgan fingerprint density at radius 3 is 2.12 bits per heavy atom. The fourth-order valence-corrected chi connectivity index (χ4v) is 2.54. The summed E-state index contributed by atoms with van der Waals surface area (Å²) in [5.41, 5.74) is 6.29. The minimum absolute atomic E-state index is 0.0153. The first-order chi connectivity index (χ1) is 11.4. The summed E-state index contributed by atoms with van der Waals surface area (Å²) in [6.45, 7) is 12.7. The third-order valence-electron chi connectivity index (χ3n) is 3.85. The smallest absolute Gasteiger partial charge is 0.316 e. The van der Waals surface area contributed by atoms with Crippen molar-refractivity contribution >= 4 is 17.6 Å². The number of hydrogen-bond acceptors (Lipinski definition) is 3. The number of primary amides is 1. The van der Waals surface area contributed by atoms with Crippen LogP contribution in [0.2, 0.25) is 0 Å². The van der Waals surface area contributed by atoms with E-state index in [2.05, 4.69) is 37.9 Å². The molecule has 0 unspecified atom stereocenters. The van der Waals surface area contributed by atoms with E-state index in [0.29, 0.717) is 23.7 Å². The van der Waals surface area contributed by atoms with Gasteiger partial charge in [-0.05, 0) is 43.3 Å². The molecule has 6 nitrogen and oxygen atoms in total. The molecule has 0 heterocycles. The second-order valence-electron chi connectivity index (χ2n) is 6.24. The van der Waals surface area contributed by atoms with Crippen LogP contribution in [0, 0.1) is 5.92 Å². The summed E-state index contributed by atoms with van der Waals surface area (Å²) in [5, 5.41) is 2.49. The predicted molar refractivity (Wildman–Crippen MR) is 98.2 cm³/mol. The maximum atomic E-state index is 12.8. The Kier molecular flexibility index (Phi) is 8.26. The SMILES string of the molecule is CCN(CC)CCN(CC(C)C)C(=O)c1ccc(NC(N)=O)cc1. The highest BCUT2D eigenvalue weighted by Crippen LogP contribution is 2.13. The van der Waals surface area contributed by atoms with Crippen LogP contribution >= 0.6 is 0 Å². The van der Waals surface area contributed by atoms with Crippen LogP contribution in [0.1, 0.15) is 38.1 Å². The highest BCUT2D eigenvalue weighted by molar-refractivity contribution is 5.95. The maximum Gasteiger partial charge on any atom is 0.316 e. The third-order valence-corrected chi connectivity index (χ3v) is 3.85. The topological polar surface area (TPSA) is 78.7 Å². The van der Waals surface area contributed by atoms with Crippen molar-refractivity contribution in [2.24, 2.45) is 11.7 Å². The number of carbonyl (C=O) groups excluding carboxylic acids is 2. The zero-order chi connectivity index (χ0) is 18.1. The normalized spacial score (nSPS) is 10.9. The van der Waals surface area contributed by atoms with Crippen molar-refractivity contribution in [2.45, 2.75) is 27.7 Å². The highest BCUT2D eigenvalue weighted by atomic mass is 16.2. The van der Waals surface area contributed by atoms with Gasteiger partial charge in [-0.15, -0.1) is 0 Å². The number of urea groups is 1. The fraction of sp³-hybridized carbons (Fsp3) is 0.556. The molecule has 0 aliphatic rings. The molecule has 134 valence electrons. The molecular formula is C18H30N4O2. The summed E-state index contributed by atoms with van der Waals surface area (Å²) in [6.07, 6.45) is 0. The standard InChI is InChI=1S/C18H30N4O2/c1-5-21(6-2)11-12-22(13-14(3)4)17(23)15-7-9-16(10-8-15)20-18(19)24/h7-10,14H,5-6,11-13H2,1-4H3,(H3,19,20,24). The molecule has 0 aliphatic carbocycles. The van der Waals surface area contributed by atoms with Gasteiger partial charge in [0.2, 0.25) is 0 Å². The van der Waals surface area contributed by atoms with Crippen molar-refractivity contribution in [1.29, 1.82) is 0 Å². The van der Waals surface area contributed by atoms with Gasteiger partial charge in [-0.2, -0.15) is 0 Å². The van der Waals surface area contributed by atoms with Crippen LogP contribution in [0.15, 0.2) is 24.3 Å². The number of carbonyl (C=O) groups is 2. The van der Waals surface area contributed by atoms with Crippen LogP contribution in [-0.4, -0.2) is 54.5 Å². The van der Waals surface area contributed by atoms with E-state index in [1.54, 1.807) is 24.3 Å². The molecule has 3 N–H and O–H groups in total. The van der Waals surface area contributed by atoms with E-state index in [9.17, 15) is 9.59 Å². The van der Waals surface area contributed by atoms with Crippen molar-refractivity contribution in [2.75, 3.05) is 38.0 Å². The zero-order valence-electron chi connectivity index (χ0n) is 15.2. The first-order valence-corrected chi connectivity index (χ1v) is 8.55. The number of nitrogens with one attached hydrogen (secondary N) is 1. The van der Waals surface area contributed by atoms with Crippen molar-refractivity contribution in [1.82, 2.24) is 9.80 Å². The molecule has 1 rings (SSSR count). The quantitative estimate of drug-likeness (QED) is 0.728. The molecule has 3 amide bonds. The van der Waals surface area contributed by atoms with Crippen molar-refractivity contribution in [3.8, 4) is 0 Å². The van der Waals surface area contributed by atoms with Gasteiger partial charge in [0.1, 0.15) is 0 Å². The summed E-state index contributed by atoms with van der Waals surface area (Å²) in [6, 6.07) is 6.21. The van der Waals surface area contributed by atoms with Crippen molar-refractivity contribution in [3.05, 3.63) is 29.8 Å². The van der Waals surface area contributed by atoms with Crippen molar-refractivity contribution < 1.29 is 9.59 Å². The summed E-state index contributed by atoms with van der Waals surface area (Å²) < 4.78 is 0. The van der Waals surface area contributed by atoms with E-state index >= 15 is 0 Å². The van der Waals surface area contributed by atoms with Gasteiger partial charge in [0, 0.05) is 30.9 Å². The largest absolute Gasteiger partial charge is 0.351 e. The van der Waals surface area contributed by atoms with Gasteiger partial charge in [0.15, 0.2) is 0 Å². The zero-order valence-corrected chi connectivity index (χ0v) is 15.2. The van der Waals surface area contributed by atoms with Crippen LogP contribution in [-0.2, 0) is 0 Å². The number of likely N-dealkylation sites (N-methyl/N-ethyl adjacent to an activating group) is 1. The van der Waals surface area contributed by atoms with Crippen molar-refractivity contribution in [3.63, 3.8) is 0 Å². The lowest BCUT2D eigenvalue weighted by atomic mass is 10.1. The summed E-state index contributed by atoms with van der Waals surface area (Å²) in [5.74, 6) is 0.419. The minimum Gasteiger partial charge on any atom is -0.351 e. The fourth-order valence-electron chi connectivity index (χ4n) is 2.54. The number of nitrogens with zero attached hydrogens (tertiary/aromatic N) is 2. The molecule has 24 heavy (non-hydrogen) atoms. The number of nitrogens with two attached hydrogens (primary N) is 1. The Labute approximate surface area is 145 Å². The molecule has 0 aromatic heterocycles. The lowest BCUT2D eigenvalue weighted by Gasteiger charge is -2.28. The van der Waals surface area contributed by atoms with Gasteiger partial charge in [0.25, 0.3) is 5.91 Å². The van der Waals surface area contributed by atoms with Gasteiger partial charge in [-0.3, -0.25) is 4.79 Å². The highest BCUT2D eigenvalue weighted by Gasteiger charge is 2.17. The molecule has 0 fully saturated rings. The van der Waals surface area contributed by atoms with Crippen LogP contribution in [0.5, 0.6) is 0 Å². The number of hydrogen-bond donors (Lipinski definition) is 2. The molecule has 0 saturated heterocycles. The Bertz CT molecular complexity index is 524. The van der Waals surface area contributed by atoms with Crippen LogP contribution < -0.4 is 11.1 Å². The first kappa shape index (κ1) is 20.0. The maximum absolute atomic E-state index is 12.8. The van der Waals surface area contributed by atoms with Crippen LogP contribution in [0.3, 0.4) is 0 Å². The van der Waals surface area contributed by atoms with Gasteiger partial charge >= 0.3 is 6.03 Å². The summed E-state index contributed by atoms with van der Waals surface area (Å²) in [7, 11) is 0. The van der Waals surface area contributed by atoms with E-state index in [1.165, 1.54) is 0 Å². The second kappa shape index (κ2) is 9.93. The number of anilines is 1. The number of rotatable bonds is 9. The Balaban J connectivity index is 2.80. The van der Waals surface area contributed by atoms with Gasteiger partial charge in [-0.25, -0.2) is 4.79 Å². The third kappa shape index (κ3) is 6.58. The van der Waals surface area contributed by atoms with Crippen LogP contribution in [0.25, 0.3) is 0 Å². The minimum atomic E-state index is -0.616. The molecule has 0 atom stereocenters. The Hall–Kier alpha value is -2.08. The van der Waals surface area contributed by atoms with Gasteiger partial charge in [-0.1, -0.05) is 27.7 Å². The molecule has 0 spiro atoms. The summed E-state index contributed by atoms with van der Waals surface area (Å²) in [4.78, 5) is 27.9. The van der Waals surface area contributed by atoms with E-state index in [1.807, 2.05) is 4.90 Å². The van der Waals surface area contributed by atoms with Gasteiger partial charge in [0.05, 0.1) is 0 Å². The van der Waals surface area contributed by atoms with E-state index < -0.39 is 6.03 Å². The second-order valence-corrected chi connectivity index (χ2v) is 6.24. The average Bonchev–Trinajstić information content (AvgIpc) is 2.54. The predicted octanol–water partition coefficient (Wildman–Crippen LogP) is 2.62. The number of amides is 3. The first-order valence-electron chi connectivity index (χ1n) is 8.55. The van der Waals surface area contributed by atoms with E-state index in [-0.39, 0.29) is 5.91 Å². The average molecular weight is 334 g/mol. The Morgan fingerprint density at radius 1 is 1.08 bits per heavy atom. The molecule has 1 aromatic carbocycles. The van der Waals surface area contributed by atoms with Crippen LogP contribution in [0.4, 0.5) is 10.5 Å². The summed E-state index contributed by atoms with van der Waals surface area (Å²) >= 11 is 0. The Morgan fingerprint density at radius 2 is 1.67 bits per heavy atom.